The van der Waals surface area contributed by atoms with Crippen LogP contribution in [-0.4, -0.2) is 28.2 Å². The molecule has 88 valence electrons. The number of hydrogen-bond acceptors (Lipinski definition) is 4. The minimum absolute atomic E-state index is 0.0200. The summed E-state index contributed by atoms with van der Waals surface area (Å²) in [6.45, 7) is 4.05. The lowest BCUT2D eigenvalue weighted by Crippen LogP contribution is -2.26. The molecule has 0 spiro atoms. The zero-order chi connectivity index (χ0) is 11.4. The molecule has 1 saturated heterocycles. The lowest BCUT2D eigenvalue weighted by atomic mass is 10.2. The van der Waals surface area contributed by atoms with E-state index in [1.54, 1.807) is 6.20 Å². The van der Waals surface area contributed by atoms with Crippen molar-refractivity contribution in [3.63, 3.8) is 0 Å². The second-order valence-corrected chi connectivity index (χ2v) is 4.34. The molecule has 0 bridgehead atoms. The molecule has 1 aliphatic rings. The van der Waals surface area contributed by atoms with Crippen molar-refractivity contribution < 1.29 is 5.11 Å². The smallest absolute Gasteiger partial charge is 0.225 e. The number of anilines is 1. The average Bonchev–Trinajstić information content (AvgIpc) is 2.57. The van der Waals surface area contributed by atoms with E-state index < -0.39 is 0 Å². The first kappa shape index (κ1) is 11.3. The van der Waals surface area contributed by atoms with E-state index in [0.29, 0.717) is 0 Å². The molecule has 16 heavy (non-hydrogen) atoms. The first-order valence-electron chi connectivity index (χ1n) is 5.99. The normalized spacial score (nSPS) is 17.2. The van der Waals surface area contributed by atoms with Crippen molar-refractivity contribution in [2.45, 2.75) is 39.2 Å². The molecule has 1 N–H and O–H groups in total. The van der Waals surface area contributed by atoms with Crippen LogP contribution in [0.3, 0.4) is 0 Å². The third-order valence-electron chi connectivity index (χ3n) is 3.13. The van der Waals surface area contributed by atoms with Gasteiger partial charge in [0.2, 0.25) is 5.95 Å². The minimum atomic E-state index is 0.0200. The highest BCUT2D eigenvalue weighted by molar-refractivity contribution is 5.32. The maximum absolute atomic E-state index is 9.07. The van der Waals surface area contributed by atoms with Gasteiger partial charge < -0.3 is 10.0 Å². The number of rotatable bonds is 2. The van der Waals surface area contributed by atoms with Crippen LogP contribution in [0.5, 0.6) is 0 Å². The Balaban J connectivity index is 2.16. The Bertz CT molecular complexity index is 346. The lowest BCUT2D eigenvalue weighted by Gasteiger charge is -2.20. The van der Waals surface area contributed by atoms with Gasteiger partial charge in [0.05, 0.1) is 6.61 Å². The van der Waals surface area contributed by atoms with Crippen molar-refractivity contribution >= 4 is 5.95 Å². The highest BCUT2D eigenvalue weighted by Gasteiger charge is 2.13. The van der Waals surface area contributed by atoms with E-state index in [2.05, 4.69) is 14.9 Å². The van der Waals surface area contributed by atoms with Gasteiger partial charge in [0, 0.05) is 30.5 Å². The molecule has 0 unspecified atom stereocenters. The molecule has 4 nitrogen and oxygen atoms in total. The average molecular weight is 221 g/mol. The summed E-state index contributed by atoms with van der Waals surface area (Å²) in [7, 11) is 0. The zero-order valence-corrected chi connectivity index (χ0v) is 9.82. The van der Waals surface area contributed by atoms with Gasteiger partial charge in [-0.1, -0.05) is 12.8 Å². The van der Waals surface area contributed by atoms with E-state index >= 15 is 0 Å². The summed E-state index contributed by atoms with van der Waals surface area (Å²) in [5.74, 6) is 0.816. The number of aryl methyl sites for hydroxylation is 1. The van der Waals surface area contributed by atoms with E-state index in [0.717, 1.165) is 30.3 Å². The fourth-order valence-corrected chi connectivity index (χ4v) is 2.06. The Labute approximate surface area is 96.3 Å². The first-order valence-corrected chi connectivity index (χ1v) is 5.99. The van der Waals surface area contributed by atoms with Crippen LogP contribution in [-0.2, 0) is 6.61 Å². The van der Waals surface area contributed by atoms with Crippen LogP contribution in [0.25, 0.3) is 0 Å². The molecule has 1 aliphatic heterocycles. The van der Waals surface area contributed by atoms with E-state index in [1.807, 2.05) is 6.92 Å². The topological polar surface area (TPSA) is 49.2 Å². The third kappa shape index (κ3) is 2.50. The summed E-state index contributed by atoms with van der Waals surface area (Å²) in [4.78, 5) is 11.0. The van der Waals surface area contributed by atoms with Gasteiger partial charge in [-0.15, -0.1) is 0 Å². The predicted octanol–water partition coefficient (Wildman–Crippen LogP) is 1.66. The van der Waals surface area contributed by atoms with E-state index in [1.165, 1.54) is 25.7 Å². The molecule has 2 rings (SSSR count). The molecule has 0 amide bonds. The van der Waals surface area contributed by atoms with Crippen LogP contribution >= 0.6 is 0 Å². The Morgan fingerprint density at radius 3 is 2.50 bits per heavy atom. The standard InChI is InChI=1S/C12H19N3O/c1-10-11(9-16)8-13-12(14-10)15-6-4-2-3-5-7-15/h8,16H,2-7,9H2,1H3. The Morgan fingerprint density at radius 2 is 1.94 bits per heavy atom. The number of nitrogens with zero attached hydrogens (tertiary/aromatic N) is 3. The SMILES string of the molecule is Cc1nc(N2CCCCCC2)ncc1CO. The second kappa shape index (κ2) is 5.25. The predicted molar refractivity (Wildman–Crippen MR) is 63.4 cm³/mol. The molecule has 4 heteroatoms. The van der Waals surface area contributed by atoms with Crippen LogP contribution in [0, 0.1) is 6.92 Å². The quantitative estimate of drug-likeness (QED) is 0.825. The van der Waals surface area contributed by atoms with Crippen molar-refractivity contribution in [3.05, 3.63) is 17.5 Å². The lowest BCUT2D eigenvalue weighted by molar-refractivity contribution is 0.280. The van der Waals surface area contributed by atoms with Crippen LogP contribution in [0.2, 0.25) is 0 Å². The number of aliphatic hydroxyl groups is 1. The molecule has 0 atom stereocenters. The first-order chi connectivity index (χ1) is 7.81. The maximum Gasteiger partial charge on any atom is 0.225 e. The Morgan fingerprint density at radius 1 is 1.25 bits per heavy atom. The molecular formula is C12H19N3O. The van der Waals surface area contributed by atoms with Crippen LogP contribution in [0.15, 0.2) is 6.20 Å². The molecule has 0 aromatic carbocycles. The van der Waals surface area contributed by atoms with Crippen molar-refractivity contribution in [2.24, 2.45) is 0 Å². The highest BCUT2D eigenvalue weighted by atomic mass is 16.3. The monoisotopic (exact) mass is 221 g/mol. The Kier molecular flexibility index (Phi) is 3.72. The molecule has 0 aliphatic carbocycles. The van der Waals surface area contributed by atoms with Crippen molar-refractivity contribution in [1.82, 2.24) is 9.97 Å². The van der Waals surface area contributed by atoms with Crippen molar-refractivity contribution in [1.29, 1.82) is 0 Å². The van der Waals surface area contributed by atoms with Gasteiger partial charge in [-0.2, -0.15) is 0 Å². The maximum atomic E-state index is 9.07. The second-order valence-electron chi connectivity index (χ2n) is 4.34. The summed E-state index contributed by atoms with van der Waals surface area (Å²) in [6.07, 6.45) is 6.81. The third-order valence-corrected chi connectivity index (χ3v) is 3.13. The van der Waals surface area contributed by atoms with E-state index in [9.17, 15) is 0 Å². The summed E-state index contributed by atoms with van der Waals surface area (Å²) in [5.41, 5.74) is 1.70. The molecule has 0 saturated carbocycles. The van der Waals surface area contributed by atoms with Gasteiger partial charge in [-0.3, -0.25) is 0 Å². The summed E-state index contributed by atoms with van der Waals surface area (Å²) < 4.78 is 0. The number of aliphatic hydroxyl groups excluding tert-OH is 1. The molecule has 2 heterocycles. The van der Waals surface area contributed by atoms with Gasteiger partial charge in [0.25, 0.3) is 0 Å². The van der Waals surface area contributed by atoms with Crippen LogP contribution < -0.4 is 4.90 Å². The molecule has 0 radical (unpaired) electrons. The van der Waals surface area contributed by atoms with Crippen LogP contribution in [0.1, 0.15) is 36.9 Å². The largest absolute Gasteiger partial charge is 0.392 e. The molecule has 1 aromatic heterocycles. The fraction of sp³-hybridized carbons (Fsp3) is 0.667. The molecule has 1 fully saturated rings. The Hall–Kier alpha value is -1.16. The number of hydrogen-bond donors (Lipinski definition) is 1. The van der Waals surface area contributed by atoms with E-state index in [-0.39, 0.29) is 6.61 Å². The zero-order valence-electron chi connectivity index (χ0n) is 9.82. The van der Waals surface area contributed by atoms with Gasteiger partial charge in [0.1, 0.15) is 0 Å². The van der Waals surface area contributed by atoms with Crippen molar-refractivity contribution in [2.75, 3.05) is 18.0 Å². The molecular weight excluding hydrogens is 202 g/mol. The van der Waals surface area contributed by atoms with Gasteiger partial charge in [-0.25, -0.2) is 9.97 Å². The highest BCUT2D eigenvalue weighted by Crippen LogP contribution is 2.16. The van der Waals surface area contributed by atoms with Gasteiger partial charge in [-0.05, 0) is 19.8 Å². The fourth-order valence-electron chi connectivity index (χ4n) is 2.06. The molecule has 1 aromatic rings. The summed E-state index contributed by atoms with van der Waals surface area (Å²) in [6, 6.07) is 0. The summed E-state index contributed by atoms with van der Waals surface area (Å²) >= 11 is 0. The van der Waals surface area contributed by atoms with Crippen molar-refractivity contribution in [3.8, 4) is 0 Å². The summed E-state index contributed by atoms with van der Waals surface area (Å²) in [5, 5.41) is 9.07. The number of aromatic nitrogens is 2. The van der Waals surface area contributed by atoms with E-state index in [4.69, 9.17) is 5.11 Å². The van der Waals surface area contributed by atoms with Crippen LogP contribution in [0.4, 0.5) is 5.95 Å². The minimum Gasteiger partial charge on any atom is -0.392 e. The van der Waals surface area contributed by atoms with Gasteiger partial charge >= 0.3 is 0 Å². The van der Waals surface area contributed by atoms with Gasteiger partial charge in [0.15, 0.2) is 0 Å².